The van der Waals surface area contributed by atoms with Crippen LogP contribution in [0.5, 0.6) is 0 Å². The maximum Gasteiger partial charge on any atom is 0.417 e. The number of ketones is 1. The van der Waals surface area contributed by atoms with Gasteiger partial charge in [0.15, 0.2) is 11.4 Å². The largest absolute Gasteiger partial charge is 0.466 e. The van der Waals surface area contributed by atoms with Gasteiger partial charge in [-0.3, -0.25) is 19.0 Å². The fraction of sp³-hybridized carbons (Fsp3) is 0.536. The smallest absolute Gasteiger partial charge is 0.417 e. The Kier molecular flexibility index (Phi) is 6.53. The third kappa shape index (κ3) is 4.35. The number of carbonyl (C=O) groups excluding carboxylic acids is 2. The fourth-order valence-electron chi connectivity index (χ4n) is 6.70. The highest BCUT2D eigenvalue weighted by Crippen LogP contribution is 2.51. The number of nitrogens with zero attached hydrogens (tertiary/aromatic N) is 3. The molecule has 0 saturated heterocycles. The average molecular weight is 591 g/mol. The minimum atomic E-state index is -4.79. The maximum atomic E-state index is 13.9. The quantitative estimate of drug-likeness (QED) is 0.419. The lowest BCUT2D eigenvalue weighted by Gasteiger charge is -2.43. The Balaban J connectivity index is 1.37. The number of aromatic nitrogens is 3. The molecule has 41 heavy (non-hydrogen) atoms. The molecule has 218 valence electrons. The first-order valence-corrected chi connectivity index (χ1v) is 14.5. The molecule has 4 heterocycles. The number of rotatable bonds is 4. The lowest BCUT2D eigenvalue weighted by molar-refractivity contribution is -0.274. The van der Waals surface area contributed by atoms with E-state index in [1.54, 1.807) is 19.9 Å². The normalized spacial score (nSPS) is 25.8. The first-order chi connectivity index (χ1) is 19.4. The number of aliphatic hydroxyl groups is 1. The van der Waals surface area contributed by atoms with Gasteiger partial charge in [0.1, 0.15) is 22.7 Å². The lowest BCUT2D eigenvalue weighted by Crippen LogP contribution is -2.53. The molecule has 3 aromatic heterocycles. The van der Waals surface area contributed by atoms with Crippen molar-refractivity contribution in [2.75, 3.05) is 11.9 Å². The minimum absolute atomic E-state index is 0.0854. The third-order valence-electron chi connectivity index (χ3n) is 8.87. The summed E-state index contributed by atoms with van der Waals surface area (Å²) in [7, 11) is 0. The molecule has 0 unspecified atom stereocenters. The molecule has 0 bridgehead atoms. The molecule has 1 aliphatic heterocycles. The van der Waals surface area contributed by atoms with Crippen LogP contribution in [0, 0.1) is 12.8 Å². The number of ether oxygens (including phenoxy) is 1. The van der Waals surface area contributed by atoms with Crippen molar-refractivity contribution in [3.05, 3.63) is 44.4 Å². The molecule has 1 fully saturated rings. The number of nitrogens with one attached hydrogen (secondary N) is 1. The van der Waals surface area contributed by atoms with Crippen LogP contribution in [0.15, 0.2) is 17.2 Å². The zero-order chi connectivity index (χ0) is 29.3. The molecule has 3 aromatic rings. The number of halogens is 3. The predicted molar refractivity (Wildman–Crippen MR) is 145 cm³/mol. The van der Waals surface area contributed by atoms with E-state index in [9.17, 15) is 32.7 Å². The number of anilines is 2. The van der Waals surface area contributed by atoms with Crippen molar-refractivity contribution < 1.29 is 32.6 Å². The monoisotopic (exact) mass is 590 g/mol. The highest BCUT2D eigenvalue weighted by molar-refractivity contribution is 7.19. The molecular weight excluding hydrogens is 561 g/mol. The summed E-state index contributed by atoms with van der Waals surface area (Å²) >= 11 is 1.47. The van der Waals surface area contributed by atoms with E-state index in [1.807, 2.05) is 0 Å². The molecule has 0 amide bonds. The van der Waals surface area contributed by atoms with Crippen LogP contribution in [-0.4, -0.2) is 49.8 Å². The van der Waals surface area contributed by atoms with E-state index < -0.39 is 35.7 Å². The van der Waals surface area contributed by atoms with Crippen molar-refractivity contribution in [1.29, 1.82) is 0 Å². The molecule has 2 N–H and O–H groups in total. The number of hydrogen-bond donors (Lipinski definition) is 2. The van der Waals surface area contributed by atoms with Crippen molar-refractivity contribution >= 4 is 44.8 Å². The zero-order valence-corrected chi connectivity index (χ0v) is 23.4. The van der Waals surface area contributed by atoms with Crippen molar-refractivity contribution in [2.24, 2.45) is 5.92 Å². The van der Waals surface area contributed by atoms with E-state index in [-0.39, 0.29) is 48.3 Å². The van der Waals surface area contributed by atoms with E-state index in [0.29, 0.717) is 42.1 Å². The second-order valence-corrected chi connectivity index (χ2v) is 12.4. The summed E-state index contributed by atoms with van der Waals surface area (Å²) < 4.78 is 47.1. The SMILES string of the molecule is CCOC(=O)[C@H]1CCc2c(sc3ncnc(Nc4cc(C)c5n(c4=O)C4(CCC(O)(C(F)(F)F)CC4)CC5=O)c23)C1. The summed E-state index contributed by atoms with van der Waals surface area (Å²) in [5, 5.41) is 14.1. The summed E-state index contributed by atoms with van der Waals surface area (Å²) in [6.45, 7) is 3.79. The lowest BCUT2D eigenvalue weighted by atomic mass is 9.72. The van der Waals surface area contributed by atoms with Gasteiger partial charge in [0.25, 0.3) is 5.56 Å². The Morgan fingerprint density at radius 2 is 1.98 bits per heavy atom. The summed E-state index contributed by atoms with van der Waals surface area (Å²) in [5.41, 5.74) is -2.60. The number of esters is 1. The van der Waals surface area contributed by atoms with E-state index in [4.69, 9.17) is 4.74 Å². The van der Waals surface area contributed by atoms with Gasteiger partial charge in [-0.1, -0.05) is 0 Å². The highest BCUT2D eigenvalue weighted by atomic mass is 32.1. The third-order valence-corrected chi connectivity index (χ3v) is 10.0. The van der Waals surface area contributed by atoms with Crippen molar-refractivity contribution in [1.82, 2.24) is 14.5 Å². The Bertz CT molecular complexity index is 1640. The van der Waals surface area contributed by atoms with Crippen LogP contribution in [0.1, 0.15) is 71.9 Å². The second kappa shape index (κ2) is 9.62. The molecule has 0 aromatic carbocycles. The summed E-state index contributed by atoms with van der Waals surface area (Å²) in [5.74, 6) is -0.340. The van der Waals surface area contributed by atoms with Gasteiger partial charge in [0.2, 0.25) is 0 Å². The standard InChI is InChI=1S/C28H29F3N4O5S/c1-3-40-25(38)15-4-5-16-19(11-15)41-23-20(16)22(32-13-33-23)34-17-10-14(2)21-18(36)12-26(35(21)24(17)37)6-8-27(39,9-7-26)28(29,30)31/h10,13,15,39H,3-9,11-12H2,1-2H3,(H,32,33,34)/t15-,26?,27?/m0/s1. The Morgan fingerprint density at radius 3 is 2.66 bits per heavy atom. The first-order valence-electron chi connectivity index (χ1n) is 13.7. The first kappa shape index (κ1) is 27.8. The molecule has 2 aliphatic carbocycles. The van der Waals surface area contributed by atoms with Gasteiger partial charge in [0.05, 0.1) is 29.1 Å². The van der Waals surface area contributed by atoms with Gasteiger partial charge < -0.3 is 15.2 Å². The number of carbonyl (C=O) groups is 2. The summed E-state index contributed by atoms with van der Waals surface area (Å²) in [4.78, 5) is 49.8. The molecular formula is C28H29F3N4O5S. The van der Waals surface area contributed by atoms with E-state index in [1.165, 1.54) is 22.2 Å². The van der Waals surface area contributed by atoms with Crippen LogP contribution in [0.4, 0.5) is 24.7 Å². The number of alkyl halides is 3. The summed E-state index contributed by atoms with van der Waals surface area (Å²) in [6, 6.07) is 1.57. The van der Waals surface area contributed by atoms with Crippen LogP contribution in [0.3, 0.4) is 0 Å². The zero-order valence-electron chi connectivity index (χ0n) is 22.6. The fourth-order valence-corrected chi connectivity index (χ4v) is 7.97. The molecule has 13 heteroatoms. The number of fused-ring (bicyclic) bond motifs is 5. The van der Waals surface area contributed by atoms with Gasteiger partial charge in [-0.05, 0) is 76.0 Å². The van der Waals surface area contributed by atoms with Crippen LogP contribution in [0.2, 0.25) is 0 Å². The number of aryl methyl sites for hydroxylation is 2. The predicted octanol–water partition coefficient (Wildman–Crippen LogP) is 4.72. The molecule has 1 spiro atoms. The molecule has 6 rings (SSSR count). The van der Waals surface area contributed by atoms with Crippen molar-refractivity contribution in [3.63, 3.8) is 0 Å². The summed E-state index contributed by atoms with van der Waals surface area (Å²) in [6.07, 6.45) is -3.22. The van der Waals surface area contributed by atoms with Gasteiger partial charge in [0, 0.05) is 11.3 Å². The number of Topliss-reactive ketones (excluding diaryl/α,β-unsaturated/α-hetero) is 1. The minimum Gasteiger partial charge on any atom is -0.466 e. The molecule has 1 atom stereocenters. The van der Waals surface area contributed by atoms with Gasteiger partial charge in [-0.25, -0.2) is 9.97 Å². The Labute approximate surface area is 236 Å². The number of pyridine rings is 1. The van der Waals surface area contributed by atoms with Crippen molar-refractivity contribution in [3.8, 4) is 0 Å². The van der Waals surface area contributed by atoms with Crippen molar-refractivity contribution in [2.45, 2.75) is 82.5 Å². The maximum absolute atomic E-state index is 13.9. The Hall–Kier alpha value is -3.32. The second-order valence-electron chi connectivity index (χ2n) is 11.3. The van der Waals surface area contributed by atoms with E-state index in [2.05, 4.69) is 15.3 Å². The molecule has 0 radical (unpaired) electrons. The molecule has 1 saturated carbocycles. The van der Waals surface area contributed by atoms with E-state index in [0.717, 1.165) is 15.8 Å². The van der Waals surface area contributed by atoms with Crippen LogP contribution >= 0.6 is 11.3 Å². The van der Waals surface area contributed by atoms with E-state index >= 15 is 0 Å². The average Bonchev–Trinajstić information content (AvgIpc) is 3.43. The van der Waals surface area contributed by atoms with Crippen LogP contribution in [0.25, 0.3) is 10.2 Å². The number of thiophene rings is 1. The molecule has 3 aliphatic rings. The van der Waals surface area contributed by atoms with Gasteiger partial charge >= 0.3 is 12.1 Å². The number of hydrogen-bond acceptors (Lipinski definition) is 9. The van der Waals surface area contributed by atoms with Crippen LogP contribution < -0.4 is 10.9 Å². The van der Waals surface area contributed by atoms with Crippen LogP contribution in [-0.2, 0) is 27.9 Å². The molecule has 9 nitrogen and oxygen atoms in total. The van der Waals surface area contributed by atoms with Gasteiger partial charge in [-0.2, -0.15) is 13.2 Å². The highest BCUT2D eigenvalue weighted by Gasteiger charge is 2.59. The van der Waals surface area contributed by atoms with Gasteiger partial charge in [-0.15, -0.1) is 11.3 Å². The topological polar surface area (TPSA) is 123 Å². The Morgan fingerprint density at radius 1 is 1.24 bits per heavy atom.